The smallest absolute Gasteiger partial charge is 0.241 e. The number of nitrogens with one attached hydrogen (secondary N) is 1. The van der Waals surface area contributed by atoms with E-state index in [0.29, 0.717) is 6.42 Å². The zero-order valence-corrected chi connectivity index (χ0v) is 17.8. The molecule has 0 spiro atoms. The van der Waals surface area contributed by atoms with Crippen LogP contribution in [-0.2, 0) is 14.8 Å². The average molecular weight is 400 g/mol. The molecule has 1 N–H and O–H groups in total. The lowest BCUT2D eigenvalue weighted by Crippen LogP contribution is -2.46. The number of hydrogen-bond acceptors (Lipinski definition) is 3. The molecule has 2 aromatic carbocycles. The summed E-state index contributed by atoms with van der Waals surface area (Å²) in [5.74, 6) is -0.210. The van der Waals surface area contributed by atoms with Gasteiger partial charge in [-0.05, 0) is 42.4 Å². The quantitative estimate of drug-likeness (QED) is 0.795. The molecule has 28 heavy (non-hydrogen) atoms. The molecule has 0 radical (unpaired) electrons. The van der Waals surface area contributed by atoms with Crippen molar-refractivity contribution in [2.24, 2.45) is 17.3 Å². The van der Waals surface area contributed by atoms with Crippen molar-refractivity contribution in [3.63, 3.8) is 0 Å². The predicted octanol–water partition coefficient (Wildman–Crippen LogP) is 4.66. The van der Waals surface area contributed by atoms with E-state index in [4.69, 9.17) is 0 Å². The SMILES string of the molecule is Cc1ccc(S(=O)(=O)N[C@@H](c2ccccc2)[C@H]2C(=O)CCC(C)(C)[C@@H]2C)cc1. The summed E-state index contributed by atoms with van der Waals surface area (Å²) in [5.41, 5.74) is 1.79. The zero-order chi connectivity index (χ0) is 20.5. The molecule has 3 rings (SSSR count). The van der Waals surface area contributed by atoms with Gasteiger partial charge in [0.25, 0.3) is 0 Å². The van der Waals surface area contributed by atoms with Crippen LogP contribution in [0.3, 0.4) is 0 Å². The van der Waals surface area contributed by atoms with Gasteiger partial charge >= 0.3 is 0 Å². The maximum absolute atomic E-state index is 13.1. The minimum absolute atomic E-state index is 0.0269. The minimum atomic E-state index is -3.76. The molecule has 1 saturated carbocycles. The Hall–Kier alpha value is -1.98. The first-order valence-corrected chi connectivity index (χ1v) is 11.3. The van der Waals surface area contributed by atoms with E-state index < -0.39 is 22.0 Å². The van der Waals surface area contributed by atoms with Crippen LogP contribution in [0.25, 0.3) is 0 Å². The van der Waals surface area contributed by atoms with Crippen molar-refractivity contribution in [1.82, 2.24) is 4.72 Å². The summed E-state index contributed by atoms with van der Waals surface area (Å²) in [7, 11) is -3.76. The van der Waals surface area contributed by atoms with Crippen LogP contribution in [0.1, 0.15) is 50.8 Å². The Balaban J connectivity index is 2.03. The fourth-order valence-electron chi connectivity index (χ4n) is 4.04. The van der Waals surface area contributed by atoms with Gasteiger partial charge in [0.15, 0.2) is 0 Å². The minimum Gasteiger partial charge on any atom is -0.299 e. The summed E-state index contributed by atoms with van der Waals surface area (Å²) in [6, 6.07) is 15.6. The average Bonchev–Trinajstić information content (AvgIpc) is 2.66. The monoisotopic (exact) mass is 399 g/mol. The molecule has 0 heterocycles. The topological polar surface area (TPSA) is 63.2 Å². The summed E-state index contributed by atoms with van der Waals surface area (Å²) in [6.45, 7) is 8.31. The molecule has 0 amide bonds. The number of carbonyl (C=O) groups is 1. The number of aryl methyl sites for hydroxylation is 1. The summed E-state index contributed by atoms with van der Waals surface area (Å²) in [4.78, 5) is 13.2. The molecule has 1 aliphatic carbocycles. The Morgan fingerprint density at radius 2 is 1.64 bits per heavy atom. The van der Waals surface area contributed by atoms with E-state index in [9.17, 15) is 13.2 Å². The molecule has 0 aliphatic heterocycles. The van der Waals surface area contributed by atoms with Gasteiger partial charge in [0, 0.05) is 12.3 Å². The van der Waals surface area contributed by atoms with Gasteiger partial charge < -0.3 is 0 Å². The van der Waals surface area contributed by atoms with Gasteiger partial charge in [-0.25, -0.2) is 13.1 Å². The van der Waals surface area contributed by atoms with E-state index in [1.54, 1.807) is 24.3 Å². The van der Waals surface area contributed by atoms with Crippen molar-refractivity contribution in [2.45, 2.75) is 51.5 Å². The van der Waals surface area contributed by atoms with E-state index in [1.807, 2.05) is 37.3 Å². The van der Waals surface area contributed by atoms with E-state index in [1.165, 1.54) is 0 Å². The molecular formula is C23H29NO3S. The Labute approximate surface area is 168 Å². The van der Waals surface area contributed by atoms with Crippen LogP contribution in [0.15, 0.2) is 59.5 Å². The third kappa shape index (κ3) is 4.20. The second-order valence-electron chi connectivity index (χ2n) is 8.59. The fraction of sp³-hybridized carbons (Fsp3) is 0.435. The lowest BCUT2D eigenvalue weighted by Gasteiger charge is -2.44. The normalized spacial score (nSPS) is 23.4. The number of carbonyl (C=O) groups excluding carboxylic acids is 1. The maximum atomic E-state index is 13.1. The maximum Gasteiger partial charge on any atom is 0.241 e. The summed E-state index contributed by atoms with van der Waals surface area (Å²) < 4.78 is 29.1. The lowest BCUT2D eigenvalue weighted by molar-refractivity contribution is -0.131. The van der Waals surface area contributed by atoms with Crippen LogP contribution in [0.5, 0.6) is 0 Å². The molecule has 3 atom stereocenters. The zero-order valence-electron chi connectivity index (χ0n) is 17.0. The highest BCUT2D eigenvalue weighted by atomic mass is 32.2. The number of Topliss-reactive ketones (excluding diaryl/α,β-unsaturated/α-hetero) is 1. The number of ketones is 1. The molecule has 0 bridgehead atoms. The highest BCUT2D eigenvalue weighted by Crippen LogP contribution is 2.46. The summed E-state index contributed by atoms with van der Waals surface area (Å²) in [6.07, 6.45) is 1.31. The summed E-state index contributed by atoms with van der Waals surface area (Å²) in [5, 5.41) is 0. The Bertz CT molecular complexity index is 934. The van der Waals surface area contributed by atoms with Crippen LogP contribution in [0.4, 0.5) is 0 Å². The Morgan fingerprint density at radius 1 is 1.04 bits per heavy atom. The van der Waals surface area contributed by atoms with Crippen molar-refractivity contribution < 1.29 is 13.2 Å². The van der Waals surface area contributed by atoms with E-state index in [0.717, 1.165) is 17.5 Å². The van der Waals surface area contributed by atoms with E-state index in [-0.39, 0.29) is 22.0 Å². The first-order chi connectivity index (χ1) is 13.1. The molecule has 0 saturated heterocycles. The standard InChI is InChI=1S/C23H29NO3S/c1-16-10-12-19(13-11-16)28(26,27)24-22(18-8-6-5-7-9-18)21-17(2)23(3,4)15-14-20(21)25/h5-13,17,21-22,24H,14-15H2,1-4H3/t17-,21-,22+/m1/s1. The van der Waals surface area contributed by atoms with E-state index >= 15 is 0 Å². The first kappa shape index (κ1) is 20.7. The largest absolute Gasteiger partial charge is 0.299 e. The van der Waals surface area contributed by atoms with Crippen molar-refractivity contribution in [1.29, 1.82) is 0 Å². The first-order valence-electron chi connectivity index (χ1n) is 9.78. The predicted molar refractivity (Wildman–Crippen MR) is 111 cm³/mol. The van der Waals surface area contributed by atoms with Gasteiger partial charge in [-0.15, -0.1) is 0 Å². The molecule has 150 valence electrons. The number of sulfonamides is 1. The van der Waals surface area contributed by atoms with E-state index in [2.05, 4.69) is 25.5 Å². The third-order valence-electron chi connectivity index (χ3n) is 6.29. The van der Waals surface area contributed by atoms with Gasteiger partial charge in [-0.3, -0.25) is 4.79 Å². The van der Waals surface area contributed by atoms with Crippen LogP contribution in [0.2, 0.25) is 0 Å². The van der Waals surface area contributed by atoms with Crippen LogP contribution < -0.4 is 4.72 Å². The van der Waals surface area contributed by atoms with Crippen molar-refractivity contribution in [3.8, 4) is 0 Å². The van der Waals surface area contributed by atoms with Crippen molar-refractivity contribution in [2.75, 3.05) is 0 Å². The summed E-state index contributed by atoms with van der Waals surface area (Å²) >= 11 is 0. The Morgan fingerprint density at radius 3 is 2.25 bits per heavy atom. The Kier molecular flexibility index (Phi) is 5.78. The lowest BCUT2D eigenvalue weighted by atomic mass is 9.61. The van der Waals surface area contributed by atoms with Gasteiger partial charge in [-0.2, -0.15) is 0 Å². The fourth-order valence-corrected chi connectivity index (χ4v) is 5.29. The molecule has 1 fully saturated rings. The van der Waals surface area contributed by atoms with Crippen LogP contribution >= 0.6 is 0 Å². The number of hydrogen-bond donors (Lipinski definition) is 1. The molecule has 1 aliphatic rings. The highest BCUT2D eigenvalue weighted by Gasteiger charge is 2.45. The third-order valence-corrected chi connectivity index (χ3v) is 7.75. The highest BCUT2D eigenvalue weighted by molar-refractivity contribution is 7.89. The van der Waals surface area contributed by atoms with Gasteiger partial charge in [-0.1, -0.05) is 68.8 Å². The van der Waals surface area contributed by atoms with Crippen LogP contribution in [0, 0.1) is 24.2 Å². The number of benzene rings is 2. The molecule has 5 heteroatoms. The molecule has 2 aromatic rings. The molecule has 0 aromatic heterocycles. The molecular weight excluding hydrogens is 370 g/mol. The van der Waals surface area contributed by atoms with Gasteiger partial charge in [0.2, 0.25) is 10.0 Å². The van der Waals surface area contributed by atoms with Gasteiger partial charge in [0.05, 0.1) is 10.9 Å². The van der Waals surface area contributed by atoms with Crippen molar-refractivity contribution in [3.05, 3.63) is 65.7 Å². The molecule has 4 nitrogen and oxygen atoms in total. The van der Waals surface area contributed by atoms with Crippen molar-refractivity contribution >= 4 is 15.8 Å². The second kappa shape index (κ2) is 7.80. The van der Waals surface area contributed by atoms with Crippen LogP contribution in [-0.4, -0.2) is 14.2 Å². The molecule has 0 unspecified atom stereocenters. The van der Waals surface area contributed by atoms with Gasteiger partial charge in [0.1, 0.15) is 5.78 Å². The number of rotatable bonds is 5. The second-order valence-corrected chi connectivity index (χ2v) is 10.3.